The minimum absolute atomic E-state index is 0.148. The molecule has 0 aliphatic carbocycles. The van der Waals surface area contributed by atoms with Crippen LogP contribution in [0.5, 0.6) is 5.75 Å². The van der Waals surface area contributed by atoms with E-state index in [1.165, 1.54) is 0 Å². The molecule has 1 amide bonds. The van der Waals surface area contributed by atoms with Crippen LogP contribution in [0.4, 0.5) is 0 Å². The molecule has 0 bridgehead atoms. The quantitative estimate of drug-likeness (QED) is 0.792. The number of rotatable bonds is 4. The molecule has 0 saturated heterocycles. The number of halogens is 1. The number of methoxy groups -OCH3 is 1. The van der Waals surface area contributed by atoms with Gasteiger partial charge in [-0.2, -0.15) is 0 Å². The standard InChI is InChI=1S/C18H17ClN2O2/c1-21-15-8-5-9-17(23-2)13(15)10-16(21)18(22)20-11-12-6-3-4-7-14(12)19/h3-10H,11H2,1-2H3,(H,20,22). The Hall–Kier alpha value is -2.46. The van der Waals surface area contributed by atoms with E-state index in [9.17, 15) is 4.79 Å². The van der Waals surface area contributed by atoms with E-state index in [1.54, 1.807) is 7.11 Å². The summed E-state index contributed by atoms with van der Waals surface area (Å²) in [5.74, 6) is 0.605. The summed E-state index contributed by atoms with van der Waals surface area (Å²) in [6.07, 6.45) is 0. The fourth-order valence-electron chi connectivity index (χ4n) is 2.64. The topological polar surface area (TPSA) is 43.3 Å². The van der Waals surface area contributed by atoms with Gasteiger partial charge in [-0.3, -0.25) is 4.79 Å². The van der Waals surface area contributed by atoms with Crippen molar-refractivity contribution in [3.8, 4) is 5.75 Å². The molecule has 0 saturated carbocycles. The van der Waals surface area contributed by atoms with E-state index < -0.39 is 0 Å². The van der Waals surface area contributed by atoms with Crippen molar-refractivity contribution in [2.24, 2.45) is 7.05 Å². The molecule has 0 aliphatic heterocycles. The Morgan fingerprint density at radius 3 is 2.74 bits per heavy atom. The highest BCUT2D eigenvalue weighted by Gasteiger charge is 2.15. The lowest BCUT2D eigenvalue weighted by atomic mass is 10.2. The van der Waals surface area contributed by atoms with Crippen LogP contribution in [-0.2, 0) is 13.6 Å². The zero-order chi connectivity index (χ0) is 16.4. The Morgan fingerprint density at radius 1 is 1.22 bits per heavy atom. The van der Waals surface area contributed by atoms with Crippen LogP contribution in [0.1, 0.15) is 16.1 Å². The molecule has 4 nitrogen and oxygen atoms in total. The average Bonchev–Trinajstić information content (AvgIpc) is 2.91. The maximum atomic E-state index is 12.5. The van der Waals surface area contributed by atoms with Crippen LogP contribution in [0, 0.1) is 0 Å². The monoisotopic (exact) mass is 328 g/mol. The molecule has 1 N–H and O–H groups in total. The number of fused-ring (bicyclic) bond motifs is 1. The largest absolute Gasteiger partial charge is 0.496 e. The normalized spacial score (nSPS) is 10.7. The zero-order valence-corrected chi connectivity index (χ0v) is 13.7. The summed E-state index contributed by atoms with van der Waals surface area (Å²) in [5.41, 5.74) is 2.42. The Labute approximate surface area is 139 Å². The number of benzene rings is 2. The first kappa shape index (κ1) is 15.4. The van der Waals surface area contributed by atoms with E-state index >= 15 is 0 Å². The fraction of sp³-hybridized carbons (Fsp3) is 0.167. The second-order valence-electron chi connectivity index (χ2n) is 5.26. The van der Waals surface area contributed by atoms with Crippen LogP contribution < -0.4 is 10.1 Å². The van der Waals surface area contributed by atoms with E-state index in [1.807, 2.05) is 60.1 Å². The summed E-state index contributed by atoms with van der Waals surface area (Å²) in [4.78, 5) is 12.5. The van der Waals surface area contributed by atoms with Gasteiger partial charge in [-0.05, 0) is 29.8 Å². The van der Waals surface area contributed by atoms with Crippen LogP contribution in [0.3, 0.4) is 0 Å². The summed E-state index contributed by atoms with van der Waals surface area (Å²) in [6, 6.07) is 15.1. The van der Waals surface area contributed by atoms with E-state index in [4.69, 9.17) is 16.3 Å². The van der Waals surface area contributed by atoms with Crippen molar-refractivity contribution in [3.05, 3.63) is 64.8 Å². The molecular formula is C18H17ClN2O2. The third-order valence-corrected chi connectivity index (χ3v) is 4.27. The van der Waals surface area contributed by atoms with Crippen molar-refractivity contribution in [1.82, 2.24) is 9.88 Å². The molecule has 2 aromatic carbocycles. The van der Waals surface area contributed by atoms with Gasteiger partial charge >= 0.3 is 0 Å². The molecule has 1 aromatic heterocycles. The molecule has 0 spiro atoms. The van der Waals surface area contributed by atoms with Crippen LogP contribution in [0.25, 0.3) is 10.9 Å². The van der Waals surface area contributed by atoms with Gasteiger partial charge in [0.25, 0.3) is 5.91 Å². The second-order valence-corrected chi connectivity index (χ2v) is 5.66. The van der Waals surface area contributed by atoms with Gasteiger partial charge in [0.15, 0.2) is 0 Å². The van der Waals surface area contributed by atoms with Crippen molar-refractivity contribution in [2.75, 3.05) is 7.11 Å². The number of hydrogen-bond acceptors (Lipinski definition) is 2. The van der Waals surface area contributed by atoms with E-state index in [2.05, 4.69) is 5.32 Å². The number of hydrogen-bond donors (Lipinski definition) is 1. The zero-order valence-electron chi connectivity index (χ0n) is 13.0. The fourth-order valence-corrected chi connectivity index (χ4v) is 2.84. The van der Waals surface area contributed by atoms with Crippen LogP contribution >= 0.6 is 11.6 Å². The third kappa shape index (κ3) is 2.90. The predicted molar refractivity (Wildman–Crippen MR) is 92.1 cm³/mol. The lowest BCUT2D eigenvalue weighted by molar-refractivity contribution is 0.0943. The van der Waals surface area contributed by atoms with Crippen LogP contribution in [0.15, 0.2) is 48.5 Å². The summed E-state index contributed by atoms with van der Waals surface area (Å²) in [6.45, 7) is 0.386. The number of carbonyl (C=O) groups excluding carboxylic acids is 1. The van der Waals surface area contributed by atoms with Crippen molar-refractivity contribution < 1.29 is 9.53 Å². The van der Waals surface area contributed by atoms with Gasteiger partial charge in [-0.15, -0.1) is 0 Å². The number of ether oxygens (including phenoxy) is 1. The maximum Gasteiger partial charge on any atom is 0.268 e. The summed E-state index contributed by atoms with van der Waals surface area (Å²) >= 11 is 6.12. The summed E-state index contributed by atoms with van der Waals surface area (Å²) in [7, 11) is 3.49. The van der Waals surface area contributed by atoms with Crippen molar-refractivity contribution in [2.45, 2.75) is 6.54 Å². The number of aromatic nitrogens is 1. The van der Waals surface area contributed by atoms with Gasteiger partial charge in [0.05, 0.1) is 12.6 Å². The van der Waals surface area contributed by atoms with Crippen molar-refractivity contribution >= 4 is 28.4 Å². The molecule has 0 atom stereocenters. The highest BCUT2D eigenvalue weighted by molar-refractivity contribution is 6.31. The highest BCUT2D eigenvalue weighted by Crippen LogP contribution is 2.28. The predicted octanol–water partition coefficient (Wildman–Crippen LogP) is 3.77. The second kappa shape index (κ2) is 6.34. The number of aryl methyl sites for hydroxylation is 1. The van der Waals surface area contributed by atoms with Gasteiger partial charge in [0.1, 0.15) is 11.4 Å². The first-order valence-corrected chi connectivity index (χ1v) is 7.63. The molecule has 1 heterocycles. The Morgan fingerprint density at radius 2 is 2.00 bits per heavy atom. The highest BCUT2D eigenvalue weighted by atomic mass is 35.5. The Balaban J connectivity index is 1.87. The van der Waals surface area contributed by atoms with E-state index in [0.717, 1.165) is 22.2 Å². The molecule has 0 unspecified atom stereocenters. The molecule has 5 heteroatoms. The van der Waals surface area contributed by atoms with Gasteiger partial charge in [0.2, 0.25) is 0 Å². The van der Waals surface area contributed by atoms with E-state index in [-0.39, 0.29) is 5.91 Å². The molecular weight excluding hydrogens is 312 g/mol. The third-order valence-electron chi connectivity index (χ3n) is 3.90. The first-order valence-electron chi connectivity index (χ1n) is 7.26. The van der Waals surface area contributed by atoms with Gasteiger partial charge in [-0.1, -0.05) is 35.9 Å². The number of carbonyl (C=O) groups is 1. The lowest BCUT2D eigenvalue weighted by Gasteiger charge is -2.08. The number of nitrogens with one attached hydrogen (secondary N) is 1. The summed E-state index contributed by atoms with van der Waals surface area (Å²) in [5, 5.41) is 4.47. The molecule has 0 fully saturated rings. The van der Waals surface area contributed by atoms with Crippen LogP contribution in [-0.4, -0.2) is 17.6 Å². The first-order chi connectivity index (χ1) is 11.1. The van der Waals surface area contributed by atoms with Gasteiger partial charge in [-0.25, -0.2) is 0 Å². The van der Waals surface area contributed by atoms with E-state index in [0.29, 0.717) is 17.3 Å². The van der Waals surface area contributed by atoms with Crippen LogP contribution in [0.2, 0.25) is 5.02 Å². The molecule has 3 aromatic rings. The van der Waals surface area contributed by atoms with Crippen molar-refractivity contribution in [3.63, 3.8) is 0 Å². The minimum atomic E-state index is -0.148. The number of nitrogens with zero attached hydrogens (tertiary/aromatic N) is 1. The minimum Gasteiger partial charge on any atom is -0.496 e. The molecule has 0 radical (unpaired) electrons. The molecule has 118 valence electrons. The lowest BCUT2D eigenvalue weighted by Crippen LogP contribution is -2.24. The SMILES string of the molecule is COc1cccc2c1cc(C(=O)NCc1ccccc1Cl)n2C. The average molecular weight is 329 g/mol. The number of amides is 1. The van der Waals surface area contributed by atoms with Crippen molar-refractivity contribution in [1.29, 1.82) is 0 Å². The summed E-state index contributed by atoms with van der Waals surface area (Å²) < 4.78 is 7.22. The molecule has 23 heavy (non-hydrogen) atoms. The Bertz CT molecular complexity index is 871. The molecule has 0 aliphatic rings. The van der Waals surface area contributed by atoms with Gasteiger partial charge in [0, 0.05) is 24.0 Å². The Kier molecular flexibility index (Phi) is 4.26. The molecule has 3 rings (SSSR count). The maximum absolute atomic E-state index is 12.5. The van der Waals surface area contributed by atoms with Gasteiger partial charge < -0.3 is 14.6 Å². The smallest absolute Gasteiger partial charge is 0.268 e.